The highest BCUT2D eigenvalue weighted by atomic mass is 79.9. The molecule has 2 rings (SSSR count). The quantitative estimate of drug-likeness (QED) is 0.459. The van der Waals surface area contributed by atoms with Gasteiger partial charge in [-0.1, -0.05) is 56.1 Å². The summed E-state index contributed by atoms with van der Waals surface area (Å²) < 4.78 is 27.3. The fraction of sp³-hybridized carbons (Fsp3) is 0.250. The largest absolute Gasteiger partial charge is 0.207 e. The van der Waals surface area contributed by atoms with Gasteiger partial charge in [-0.3, -0.25) is 0 Å². The van der Waals surface area contributed by atoms with E-state index in [2.05, 4.69) is 47.8 Å². The Morgan fingerprint density at radius 1 is 0.905 bits per heavy atom. The third kappa shape index (κ3) is 3.74. The number of hydrogen-bond acceptors (Lipinski definition) is 0. The van der Waals surface area contributed by atoms with Crippen molar-refractivity contribution in [2.45, 2.75) is 11.8 Å². The van der Waals surface area contributed by atoms with E-state index in [1.54, 1.807) is 18.2 Å². The summed E-state index contributed by atoms with van der Waals surface area (Å²) in [7, 11) is 0. The van der Waals surface area contributed by atoms with E-state index >= 15 is 0 Å². The highest BCUT2D eigenvalue weighted by Crippen LogP contribution is 2.35. The Morgan fingerprint density at radius 2 is 1.52 bits per heavy atom. The van der Waals surface area contributed by atoms with Gasteiger partial charge in [0.2, 0.25) is 0 Å². The summed E-state index contributed by atoms with van der Waals surface area (Å²) in [6.07, 6.45) is 0.632. The standard InChI is InChI=1S/C16H13Br3F2/c17-9-16(10-18,12-4-6-13(20)7-5-12)8-11-2-1-3-14(21)15(11)19/h1-7H,8-10H2. The van der Waals surface area contributed by atoms with Gasteiger partial charge < -0.3 is 0 Å². The third-order valence-electron chi connectivity index (χ3n) is 3.53. The third-order valence-corrected chi connectivity index (χ3v) is 6.56. The van der Waals surface area contributed by atoms with E-state index in [0.29, 0.717) is 21.6 Å². The van der Waals surface area contributed by atoms with E-state index in [1.807, 2.05) is 6.07 Å². The lowest BCUT2D eigenvalue weighted by Crippen LogP contribution is -2.33. The molecule has 0 aliphatic rings. The highest BCUT2D eigenvalue weighted by molar-refractivity contribution is 9.10. The van der Waals surface area contributed by atoms with Crippen molar-refractivity contribution < 1.29 is 8.78 Å². The van der Waals surface area contributed by atoms with E-state index in [4.69, 9.17) is 0 Å². The van der Waals surface area contributed by atoms with Gasteiger partial charge >= 0.3 is 0 Å². The zero-order valence-corrected chi connectivity index (χ0v) is 15.8. The van der Waals surface area contributed by atoms with E-state index in [-0.39, 0.29) is 17.0 Å². The van der Waals surface area contributed by atoms with Crippen molar-refractivity contribution in [2.75, 3.05) is 10.7 Å². The minimum Gasteiger partial charge on any atom is -0.207 e. The second kappa shape index (κ2) is 7.34. The average Bonchev–Trinajstić information content (AvgIpc) is 2.50. The molecular formula is C16H13Br3F2. The average molecular weight is 483 g/mol. The second-order valence-corrected chi connectivity index (χ2v) is 6.86. The second-order valence-electron chi connectivity index (χ2n) is 4.94. The molecule has 0 unspecified atom stereocenters. The van der Waals surface area contributed by atoms with E-state index < -0.39 is 0 Å². The van der Waals surface area contributed by atoms with Gasteiger partial charge in [0, 0.05) is 16.1 Å². The summed E-state index contributed by atoms with van der Waals surface area (Å²) in [5.41, 5.74) is 1.62. The van der Waals surface area contributed by atoms with Crippen LogP contribution in [-0.2, 0) is 11.8 Å². The monoisotopic (exact) mass is 480 g/mol. The maximum absolute atomic E-state index is 13.7. The number of alkyl halides is 2. The topological polar surface area (TPSA) is 0 Å². The van der Waals surface area contributed by atoms with Crippen molar-refractivity contribution in [1.29, 1.82) is 0 Å². The molecule has 2 aromatic rings. The van der Waals surface area contributed by atoms with E-state index in [0.717, 1.165) is 11.1 Å². The fourth-order valence-corrected chi connectivity index (χ4v) is 4.62. The van der Waals surface area contributed by atoms with Gasteiger partial charge in [0.15, 0.2) is 0 Å². The molecule has 0 saturated carbocycles. The first kappa shape index (κ1) is 17.1. The van der Waals surface area contributed by atoms with Crippen molar-refractivity contribution in [3.63, 3.8) is 0 Å². The van der Waals surface area contributed by atoms with Gasteiger partial charge in [-0.15, -0.1) is 0 Å². The van der Waals surface area contributed by atoms with Crippen LogP contribution in [0.3, 0.4) is 0 Å². The first-order chi connectivity index (χ1) is 10.0. The Labute approximate surface area is 148 Å². The lowest BCUT2D eigenvalue weighted by molar-refractivity contribution is 0.541. The van der Waals surface area contributed by atoms with Crippen LogP contribution in [0.25, 0.3) is 0 Å². The van der Waals surface area contributed by atoms with Gasteiger partial charge in [-0.2, -0.15) is 0 Å². The summed E-state index contributed by atoms with van der Waals surface area (Å²) in [6, 6.07) is 11.5. The maximum atomic E-state index is 13.7. The first-order valence-corrected chi connectivity index (χ1v) is 9.37. The van der Waals surface area contributed by atoms with Crippen LogP contribution < -0.4 is 0 Å². The van der Waals surface area contributed by atoms with Crippen LogP contribution in [0.15, 0.2) is 46.9 Å². The molecule has 5 heteroatoms. The van der Waals surface area contributed by atoms with Crippen molar-refractivity contribution in [3.05, 3.63) is 69.7 Å². The summed E-state index contributed by atoms with van der Waals surface area (Å²) in [5.74, 6) is -0.534. The van der Waals surface area contributed by atoms with Crippen molar-refractivity contribution in [2.24, 2.45) is 0 Å². The maximum Gasteiger partial charge on any atom is 0.137 e. The SMILES string of the molecule is Fc1ccc(C(CBr)(CBr)Cc2cccc(F)c2Br)cc1. The van der Waals surface area contributed by atoms with Crippen LogP contribution in [0.5, 0.6) is 0 Å². The Kier molecular flexibility index (Phi) is 5.97. The Hall–Kier alpha value is -0.260. The van der Waals surface area contributed by atoms with E-state index in [9.17, 15) is 8.78 Å². The van der Waals surface area contributed by atoms with Crippen molar-refractivity contribution in [1.82, 2.24) is 0 Å². The Morgan fingerprint density at radius 3 is 2.10 bits per heavy atom. The van der Waals surface area contributed by atoms with Gasteiger partial charge in [0.1, 0.15) is 11.6 Å². The smallest absolute Gasteiger partial charge is 0.137 e. The van der Waals surface area contributed by atoms with Gasteiger partial charge in [-0.05, 0) is 51.7 Å². The number of rotatable bonds is 5. The number of halogens is 5. The summed E-state index contributed by atoms with van der Waals surface area (Å²) in [6.45, 7) is 0. The summed E-state index contributed by atoms with van der Waals surface area (Å²) in [5, 5.41) is 1.36. The molecule has 0 atom stereocenters. The molecule has 0 amide bonds. The Balaban J connectivity index is 2.43. The highest BCUT2D eigenvalue weighted by Gasteiger charge is 2.31. The van der Waals surface area contributed by atoms with Crippen molar-refractivity contribution in [3.8, 4) is 0 Å². The number of benzene rings is 2. The molecule has 0 bridgehead atoms. The van der Waals surface area contributed by atoms with Crippen LogP contribution in [0.2, 0.25) is 0 Å². The summed E-state index contributed by atoms with van der Waals surface area (Å²) >= 11 is 10.4. The predicted molar refractivity (Wildman–Crippen MR) is 93.5 cm³/mol. The lowest BCUT2D eigenvalue weighted by atomic mass is 9.79. The van der Waals surface area contributed by atoms with Crippen molar-refractivity contribution >= 4 is 47.8 Å². The molecule has 112 valence electrons. The zero-order valence-electron chi connectivity index (χ0n) is 11.1. The molecule has 0 fully saturated rings. The van der Waals surface area contributed by atoms with Gasteiger partial charge in [0.05, 0.1) is 4.47 Å². The fourth-order valence-electron chi connectivity index (χ4n) is 2.24. The lowest BCUT2D eigenvalue weighted by Gasteiger charge is -2.31. The predicted octanol–water partition coefficient (Wildman–Crippen LogP) is 6.00. The molecule has 0 aromatic heterocycles. The normalized spacial score (nSPS) is 11.7. The molecule has 0 aliphatic heterocycles. The minimum atomic E-state index is -0.274. The molecule has 0 N–H and O–H groups in total. The first-order valence-electron chi connectivity index (χ1n) is 6.33. The molecule has 2 aromatic carbocycles. The Bertz CT molecular complexity index is 607. The molecule has 0 nitrogen and oxygen atoms in total. The van der Waals surface area contributed by atoms with Gasteiger partial charge in [-0.25, -0.2) is 8.78 Å². The van der Waals surface area contributed by atoms with Gasteiger partial charge in [0.25, 0.3) is 0 Å². The number of hydrogen-bond donors (Lipinski definition) is 0. The molecule has 21 heavy (non-hydrogen) atoms. The van der Waals surface area contributed by atoms with Crippen LogP contribution >= 0.6 is 47.8 Å². The minimum absolute atomic E-state index is 0.260. The van der Waals surface area contributed by atoms with Crippen LogP contribution in [-0.4, -0.2) is 10.7 Å². The van der Waals surface area contributed by atoms with Crippen LogP contribution in [0.4, 0.5) is 8.78 Å². The van der Waals surface area contributed by atoms with E-state index in [1.165, 1.54) is 18.2 Å². The molecule has 0 saturated heterocycles. The zero-order chi connectivity index (χ0) is 15.5. The summed E-state index contributed by atoms with van der Waals surface area (Å²) in [4.78, 5) is 0. The molecule has 0 spiro atoms. The van der Waals surface area contributed by atoms with Crippen LogP contribution in [0, 0.1) is 11.6 Å². The molecule has 0 aliphatic carbocycles. The molecular weight excluding hydrogens is 470 g/mol. The molecule has 0 radical (unpaired) electrons. The molecule has 0 heterocycles. The van der Waals surface area contributed by atoms with Crippen LogP contribution in [0.1, 0.15) is 11.1 Å².